The molecule has 0 atom stereocenters. The number of carbonyl (C=O) groups is 1. The molecule has 0 aromatic heterocycles. The van der Waals surface area contributed by atoms with E-state index in [1.165, 1.54) is 30.1 Å². The molecule has 0 radical (unpaired) electrons. The number of carbonyl (C=O) groups excluding carboxylic acids is 1. The van der Waals surface area contributed by atoms with Crippen molar-refractivity contribution >= 4 is 28.6 Å². The molecule has 2 aromatic rings. The second-order valence-corrected chi connectivity index (χ2v) is 5.91. The number of nitrogens with one attached hydrogen (secondary N) is 2. The lowest BCUT2D eigenvalue weighted by molar-refractivity contribution is -0.108. The number of ketones is 1. The Balaban J connectivity index is 2.13. The smallest absolute Gasteiger partial charge is 0.207 e. The number of allylic oxidation sites excluding steroid dienone is 2. The molecular weight excluding hydrogens is 336 g/mol. The van der Waals surface area contributed by atoms with Crippen LogP contribution in [0.4, 0.5) is 11.4 Å². The van der Waals surface area contributed by atoms with E-state index in [-0.39, 0.29) is 11.4 Å². The standard InChI is InChI=1S/C22H24N4O/c1-3-17-8-6-9-18(15-17)25-14-12-21(27)22(24)20(11-13-23)26-19-10-5-4-7-16(19)2/h4-15,24-25H,3,23H2,1-2H3. The molecule has 4 N–H and O–H groups in total. The van der Waals surface area contributed by atoms with Gasteiger partial charge in [-0.25, -0.2) is 4.99 Å². The van der Waals surface area contributed by atoms with Gasteiger partial charge < -0.3 is 11.1 Å². The van der Waals surface area contributed by atoms with E-state index in [0.717, 1.165) is 17.7 Å². The number of anilines is 1. The highest BCUT2D eigenvalue weighted by Gasteiger charge is 2.12. The fourth-order valence-electron chi connectivity index (χ4n) is 2.39. The molecule has 0 saturated heterocycles. The zero-order valence-corrected chi connectivity index (χ0v) is 15.6. The largest absolute Gasteiger partial charge is 0.405 e. The van der Waals surface area contributed by atoms with E-state index in [1.54, 1.807) is 0 Å². The molecular formula is C22H24N4O. The number of hydrogen-bond acceptors (Lipinski definition) is 5. The van der Waals surface area contributed by atoms with E-state index in [9.17, 15) is 4.79 Å². The van der Waals surface area contributed by atoms with E-state index >= 15 is 0 Å². The number of aryl methyl sites for hydroxylation is 2. The molecule has 2 rings (SSSR count). The highest BCUT2D eigenvalue weighted by Crippen LogP contribution is 2.18. The molecule has 0 aliphatic carbocycles. The third kappa shape index (κ3) is 5.78. The monoisotopic (exact) mass is 360 g/mol. The number of hydrogen-bond donors (Lipinski definition) is 3. The van der Waals surface area contributed by atoms with Crippen LogP contribution in [0.3, 0.4) is 0 Å². The number of nitrogens with zero attached hydrogens (tertiary/aromatic N) is 1. The summed E-state index contributed by atoms with van der Waals surface area (Å²) in [4.78, 5) is 16.7. The molecule has 0 heterocycles. The summed E-state index contributed by atoms with van der Waals surface area (Å²) >= 11 is 0. The minimum atomic E-state index is -0.459. The zero-order valence-electron chi connectivity index (χ0n) is 15.6. The normalized spacial score (nSPS) is 11.9. The van der Waals surface area contributed by atoms with E-state index in [0.29, 0.717) is 5.69 Å². The Hall–Kier alpha value is -3.47. The Morgan fingerprint density at radius 2 is 1.96 bits per heavy atom. The van der Waals surface area contributed by atoms with Gasteiger partial charge in [-0.05, 0) is 54.9 Å². The number of rotatable bonds is 8. The summed E-state index contributed by atoms with van der Waals surface area (Å²) < 4.78 is 0. The van der Waals surface area contributed by atoms with Gasteiger partial charge in [0, 0.05) is 18.0 Å². The summed E-state index contributed by atoms with van der Waals surface area (Å²) in [6.45, 7) is 4.00. The maximum Gasteiger partial charge on any atom is 0.207 e. The van der Waals surface area contributed by atoms with Crippen LogP contribution >= 0.6 is 0 Å². The second kappa shape index (κ2) is 9.87. The van der Waals surface area contributed by atoms with Crippen molar-refractivity contribution in [3.8, 4) is 0 Å². The Kier molecular flexibility index (Phi) is 7.26. The molecule has 0 bridgehead atoms. The lowest BCUT2D eigenvalue weighted by Crippen LogP contribution is -2.20. The molecule has 0 spiro atoms. The van der Waals surface area contributed by atoms with Gasteiger partial charge in [-0.1, -0.05) is 37.3 Å². The molecule has 5 nitrogen and oxygen atoms in total. The molecule has 2 aromatic carbocycles. The predicted molar refractivity (Wildman–Crippen MR) is 113 cm³/mol. The van der Waals surface area contributed by atoms with Gasteiger partial charge in [0.25, 0.3) is 0 Å². The lowest BCUT2D eigenvalue weighted by atomic mass is 10.1. The summed E-state index contributed by atoms with van der Waals surface area (Å²) in [5.74, 6) is -0.459. The van der Waals surface area contributed by atoms with Gasteiger partial charge in [-0.2, -0.15) is 0 Å². The molecule has 138 valence electrons. The van der Waals surface area contributed by atoms with Gasteiger partial charge >= 0.3 is 0 Å². The minimum absolute atomic E-state index is 0.217. The van der Waals surface area contributed by atoms with Crippen molar-refractivity contribution in [1.29, 1.82) is 5.41 Å². The summed E-state index contributed by atoms with van der Waals surface area (Å²) in [5.41, 5.74) is 9.20. The Bertz CT molecular complexity index is 910. The average molecular weight is 360 g/mol. The van der Waals surface area contributed by atoms with Crippen LogP contribution < -0.4 is 11.1 Å². The van der Waals surface area contributed by atoms with Crippen molar-refractivity contribution in [3.05, 3.63) is 84.2 Å². The Morgan fingerprint density at radius 1 is 1.19 bits per heavy atom. The quantitative estimate of drug-likeness (QED) is 0.484. The summed E-state index contributed by atoms with van der Waals surface area (Å²) in [5, 5.41) is 11.2. The Labute approximate surface area is 159 Å². The number of para-hydroxylation sites is 1. The predicted octanol–water partition coefficient (Wildman–Crippen LogP) is 4.32. The molecule has 27 heavy (non-hydrogen) atoms. The van der Waals surface area contributed by atoms with Gasteiger partial charge in [0.15, 0.2) is 0 Å². The van der Waals surface area contributed by atoms with Crippen LogP contribution in [0.25, 0.3) is 0 Å². The van der Waals surface area contributed by atoms with Crippen LogP contribution in [0, 0.1) is 12.3 Å². The van der Waals surface area contributed by atoms with Gasteiger partial charge in [0.05, 0.1) is 11.4 Å². The van der Waals surface area contributed by atoms with Gasteiger partial charge in [0.2, 0.25) is 5.78 Å². The highest BCUT2D eigenvalue weighted by atomic mass is 16.1. The first kappa shape index (κ1) is 19.8. The summed E-state index contributed by atoms with van der Waals surface area (Å²) in [6.07, 6.45) is 6.52. The number of aliphatic imine (C=N–C) groups is 1. The summed E-state index contributed by atoms with van der Waals surface area (Å²) in [7, 11) is 0. The summed E-state index contributed by atoms with van der Waals surface area (Å²) in [6, 6.07) is 15.4. The first-order valence-electron chi connectivity index (χ1n) is 8.73. The van der Waals surface area contributed by atoms with Crippen LogP contribution in [0.2, 0.25) is 0 Å². The minimum Gasteiger partial charge on any atom is -0.405 e. The highest BCUT2D eigenvalue weighted by molar-refractivity contribution is 6.70. The van der Waals surface area contributed by atoms with E-state index < -0.39 is 5.78 Å². The zero-order chi connectivity index (χ0) is 19.6. The van der Waals surface area contributed by atoms with Crippen molar-refractivity contribution < 1.29 is 4.79 Å². The van der Waals surface area contributed by atoms with Crippen LogP contribution in [-0.4, -0.2) is 17.2 Å². The number of benzene rings is 2. The molecule has 0 fully saturated rings. The van der Waals surface area contributed by atoms with Crippen LogP contribution in [0.1, 0.15) is 18.1 Å². The average Bonchev–Trinajstić information content (AvgIpc) is 2.68. The van der Waals surface area contributed by atoms with Gasteiger partial charge in [-0.15, -0.1) is 0 Å². The fraction of sp³-hybridized carbons (Fsp3) is 0.136. The molecule has 0 saturated carbocycles. The first-order valence-corrected chi connectivity index (χ1v) is 8.73. The topological polar surface area (TPSA) is 91.3 Å². The molecule has 0 aliphatic heterocycles. The van der Waals surface area contributed by atoms with Crippen molar-refractivity contribution in [2.45, 2.75) is 20.3 Å². The molecule has 0 aliphatic rings. The van der Waals surface area contributed by atoms with E-state index in [2.05, 4.69) is 17.2 Å². The van der Waals surface area contributed by atoms with E-state index in [1.807, 2.05) is 55.5 Å². The van der Waals surface area contributed by atoms with Crippen molar-refractivity contribution in [1.82, 2.24) is 0 Å². The fourth-order valence-corrected chi connectivity index (χ4v) is 2.39. The molecule has 0 unspecified atom stereocenters. The van der Waals surface area contributed by atoms with E-state index in [4.69, 9.17) is 11.1 Å². The maximum atomic E-state index is 12.3. The Morgan fingerprint density at radius 3 is 2.67 bits per heavy atom. The number of nitrogens with two attached hydrogens (primary N) is 1. The third-order valence-electron chi connectivity index (χ3n) is 3.93. The second-order valence-electron chi connectivity index (χ2n) is 5.91. The van der Waals surface area contributed by atoms with Crippen molar-refractivity contribution in [2.24, 2.45) is 10.7 Å². The van der Waals surface area contributed by atoms with Gasteiger partial charge in [0.1, 0.15) is 5.71 Å². The molecule has 0 amide bonds. The van der Waals surface area contributed by atoms with Crippen LogP contribution in [0.15, 0.2) is 78.1 Å². The van der Waals surface area contributed by atoms with Crippen LogP contribution in [-0.2, 0) is 11.2 Å². The SMILES string of the molecule is CCc1cccc(NC=CC(=O)C(=N)C(C=CN)=Nc2ccccc2C)c1. The van der Waals surface area contributed by atoms with Crippen molar-refractivity contribution in [2.75, 3.05) is 5.32 Å². The van der Waals surface area contributed by atoms with Gasteiger partial charge in [-0.3, -0.25) is 10.2 Å². The molecule has 5 heteroatoms. The van der Waals surface area contributed by atoms with Crippen LogP contribution in [0.5, 0.6) is 0 Å². The maximum absolute atomic E-state index is 12.3. The first-order chi connectivity index (χ1) is 13.0. The lowest BCUT2D eigenvalue weighted by Gasteiger charge is -2.05. The third-order valence-corrected chi connectivity index (χ3v) is 3.93. The van der Waals surface area contributed by atoms with Crippen molar-refractivity contribution in [3.63, 3.8) is 0 Å².